The fraction of sp³-hybridized carbons (Fsp3) is 0.156. The molecule has 0 aromatic heterocycles. The number of likely N-dealkylation sites (N-methyl/N-ethyl adjacent to an activating group) is 2. The van der Waals surface area contributed by atoms with Crippen LogP contribution in [-0.4, -0.2) is 55.7 Å². The molecule has 6 nitrogen and oxygen atoms in total. The van der Waals surface area contributed by atoms with Crippen molar-refractivity contribution in [2.75, 3.05) is 38.6 Å². The first-order valence-corrected chi connectivity index (χ1v) is 13.7. The van der Waals surface area contributed by atoms with E-state index in [4.69, 9.17) is 28.2 Å². The molecule has 0 saturated carbocycles. The maximum absolute atomic E-state index is 12.6. The van der Waals surface area contributed by atoms with E-state index in [0.29, 0.717) is 16.6 Å². The molecule has 6 rings (SSSR count). The van der Waals surface area contributed by atoms with Crippen LogP contribution in [0.25, 0.3) is 0 Å². The van der Waals surface area contributed by atoms with E-state index in [1.807, 2.05) is 66.7 Å². The predicted octanol–water partition coefficient (Wildman–Crippen LogP) is 6.58. The summed E-state index contributed by atoms with van der Waals surface area (Å²) in [5.74, 6) is 0.625. The lowest BCUT2D eigenvalue weighted by atomic mass is 10.0. The molecule has 0 saturated heterocycles. The van der Waals surface area contributed by atoms with Gasteiger partial charge in [-0.05, 0) is 48.5 Å². The van der Waals surface area contributed by atoms with Crippen molar-refractivity contribution in [2.45, 2.75) is 0 Å². The summed E-state index contributed by atoms with van der Waals surface area (Å²) in [6, 6.07) is 31.2. The molecule has 0 unspecified atom stereocenters. The number of aliphatic imine (C=N–C) groups is 2. The maximum atomic E-state index is 12.6. The van der Waals surface area contributed by atoms with Gasteiger partial charge in [0.05, 0.1) is 23.5 Å². The number of fused-ring (bicyclic) bond motifs is 2. The van der Waals surface area contributed by atoms with Crippen molar-refractivity contribution >= 4 is 51.8 Å². The Balaban J connectivity index is 0.000000162. The van der Waals surface area contributed by atoms with E-state index in [9.17, 15) is 5.21 Å². The number of hydrogen-bond donors (Lipinski definition) is 1. The smallest absolute Gasteiger partial charge is 0.228 e. The van der Waals surface area contributed by atoms with E-state index in [2.05, 4.69) is 40.5 Å². The zero-order valence-corrected chi connectivity index (χ0v) is 23.8. The van der Waals surface area contributed by atoms with E-state index in [0.717, 1.165) is 56.5 Å². The van der Waals surface area contributed by atoms with Crippen molar-refractivity contribution in [1.29, 1.82) is 0 Å². The number of halogens is 2. The number of hydrogen-bond acceptors (Lipinski definition) is 5. The minimum Gasteiger partial charge on any atom is -0.623 e. The van der Waals surface area contributed by atoms with E-state index in [1.165, 1.54) is 5.69 Å². The molecule has 0 aliphatic carbocycles. The molecule has 0 spiro atoms. The summed E-state index contributed by atoms with van der Waals surface area (Å²) >= 11 is 12.3. The summed E-state index contributed by atoms with van der Waals surface area (Å²) < 4.78 is 0.951. The van der Waals surface area contributed by atoms with Gasteiger partial charge in [-0.25, -0.2) is 4.99 Å². The number of amidine groups is 1. The number of benzodiazepines with no additional fused rings is 1. The van der Waals surface area contributed by atoms with Crippen molar-refractivity contribution < 1.29 is 4.74 Å². The third-order valence-electron chi connectivity index (χ3n) is 6.73. The van der Waals surface area contributed by atoms with Gasteiger partial charge in [0.25, 0.3) is 0 Å². The number of nitrogens with one attached hydrogen (secondary N) is 1. The van der Waals surface area contributed by atoms with Gasteiger partial charge in [0.15, 0.2) is 5.84 Å². The number of benzene rings is 4. The number of anilines is 1. The van der Waals surface area contributed by atoms with Crippen molar-refractivity contribution in [3.05, 3.63) is 135 Å². The van der Waals surface area contributed by atoms with E-state index >= 15 is 0 Å². The summed E-state index contributed by atoms with van der Waals surface area (Å²) in [6.45, 7) is 1.89. The lowest BCUT2D eigenvalue weighted by molar-refractivity contribution is -0.439. The van der Waals surface area contributed by atoms with Crippen LogP contribution < -0.4 is 10.2 Å². The van der Waals surface area contributed by atoms with Crippen molar-refractivity contribution in [3.63, 3.8) is 0 Å². The summed E-state index contributed by atoms with van der Waals surface area (Å²) in [5.41, 5.74) is 7.38. The first-order chi connectivity index (χ1) is 19.4. The molecule has 40 heavy (non-hydrogen) atoms. The van der Waals surface area contributed by atoms with Gasteiger partial charge in [-0.2, -0.15) is 4.74 Å². The quantitative estimate of drug-likeness (QED) is 0.219. The topological polar surface area (TPSA) is 66.1 Å². The van der Waals surface area contributed by atoms with Crippen LogP contribution in [0.5, 0.6) is 0 Å². The van der Waals surface area contributed by atoms with E-state index < -0.39 is 0 Å². The third-order valence-corrected chi connectivity index (χ3v) is 7.20. The Morgan fingerprint density at radius 3 is 2.12 bits per heavy atom. The highest BCUT2D eigenvalue weighted by molar-refractivity contribution is 6.32. The lowest BCUT2D eigenvalue weighted by Crippen LogP contribution is -2.29. The van der Waals surface area contributed by atoms with Crippen LogP contribution in [0.3, 0.4) is 0 Å². The van der Waals surface area contributed by atoms with Crippen molar-refractivity contribution in [2.24, 2.45) is 9.98 Å². The monoisotopic (exact) mass is 569 g/mol. The average Bonchev–Trinajstić information content (AvgIpc) is 3.22. The van der Waals surface area contributed by atoms with Crippen LogP contribution in [0.15, 0.2) is 107 Å². The van der Waals surface area contributed by atoms with Crippen molar-refractivity contribution in [3.8, 4) is 0 Å². The van der Waals surface area contributed by atoms with Gasteiger partial charge in [0.2, 0.25) is 12.3 Å². The van der Waals surface area contributed by atoms with Gasteiger partial charge in [-0.3, -0.25) is 4.99 Å². The number of nitrogens with zero attached hydrogens (tertiary/aromatic N) is 4. The van der Waals surface area contributed by atoms with Crippen molar-refractivity contribution in [1.82, 2.24) is 5.32 Å². The van der Waals surface area contributed by atoms with Gasteiger partial charge in [-0.1, -0.05) is 71.7 Å². The van der Waals surface area contributed by atoms with Crippen LogP contribution in [0, 0.1) is 5.21 Å². The Morgan fingerprint density at radius 1 is 0.825 bits per heavy atom. The highest BCUT2D eigenvalue weighted by Crippen LogP contribution is 2.29. The van der Waals surface area contributed by atoms with Gasteiger partial charge < -0.3 is 15.4 Å². The number of rotatable bonds is 2. The van der Waals surface area contributed by atoms with Gasteiger partial charge in [-0.15, -0.1) is 0 Å². The lowest BCUT2D eigenvalue weighted by Gasteiger charge is -2.19. The Bertz CT molecular complexity index is 1600. The molecule has 4 aromatic rings. The van der Waals surface area contributed by atoms with Gasteiger partial charge in [0, 0.05) is 53.1 Å². The minimum absolute atomic E-state index is 0.174. The van der Waals surface area contributed by atoms with Crippen LogP contribution in [-0.2, 0) is 0 Å². The van der Waals surface area contributed by atoms with E-state index in [1.54, 1.807) is 19.2 Å². The highest BCUT2D eigenvalue weighted by atomic mass is 35.5. The summed E-state index contributed by atoms with van der Waals surface area (Å²) in [4.78, 5) is 11.5. The molecular formula is C32H29Cl2N5O. The second-order valence-electron chi connectivity index (χ2n) is 9.40. The van der Waals surface area contributed by atoms with Crippen LogP contribution in [0.4, 0.5) is 11.4 Å². The molecule has 2 aliphatic heterocycles. The zero-order valence-electron chi connectivity index (χ0n) is 22.3. The summed E-state index contributed by atoms with van der Waals surface area (Å²) in [6.07, 6.45) is 0. The molecule has 2 heterocycles. The molecule has 0 fully saturated rings. The molecular weight excluding hydrogens is 541 g/mol. The molecule has 1 N–H and O–H groups in total. The Kier molecular flexibility index (Phi) is 8.48. The molecule has 4 aromatic carbocycles. The Hall–Kier alpha value is -4.13. The first-order valence-electron chi connectivity index (χ1n) is 13.0. The third kappa shape index (κ3) is 6.03. The molecule has 8 heteroatoms. The fourth-order valence-corrected chi connectivity index (χ4v) is 5.09. The minimum atomic E-state index is 0.174. The van der Waals surface area contributed by atoms with Crippen LogP contribution in [0.2, 0.25) is 10.0 Å². The van der Waals surface area contributed by atoms with E-state index in [-0.39, 0.29) is 6.54 Å². The second kappa shape index (κ2) is 12.4. The molecule has 0 amide bonds. The summed E-state index contributed by atoms with van der Waals surface area (Å²) in [7, 11) is 3.85. The maximum Gasteiger partial charge on any atom is 0.228 e. The largest absolute Gasteiger partial charge is 0.623 e. The molecule has 0 bridgehead atoms. The standard InChI is InChI=1S/C16H14ClN3O.C16H15ClN2/c1-18-15-10-20(21)16(11-5-3-2-4-6-11)13-9-12(17)7-8-14(13)19-15;1-19-10-9-18-16(12-5-3-2-4-6-12)14-11-13(17)7-8-15(14)19/h2-9H,10H2,1H3,(H,18,19);2-8,11H,9-10H2,1H3. The van der Waals surface area contributed by atoms with Gasteiger partial charge >= 0.3 is 0 Å². The Labute approximate surface area is 244 Å². The van der Waals surface area contributed by atoms with Crippen LogP contribution >= 0.6 is 23.2 Å². The number of hydroxylamine groups is 1. The molecule has 0 radical (unpaired) electrons. The Morgan fingerprint density at radius 2 is 1.45 bits per heavy atom. The fourth-order valence-electron chi connectivity index (χ4n) is 4.75. The SMILES string of the molecule is CN1CCN=C(c2ccccc2)c2cc(Cl)ccc21.CNC1=Nc2ccc(Cl)cc2C(c2ccccc2)=[N+]([O-])C1. The predicted molar refractivity (Wildman–Crippen MR) is 167 cm³/mol. The normalized spacial score (nSPS) is 14.4. The molecule has 0 atom stereocenters. The van der Waals surface area contributed by atoms with Gasteiger partial charge in [0.1, 0.15) is 0 Å². The first kappa shape index (κ1) is 27.4. The summed E-state index contributed by atoms with van der Waals surface area (Å²) in [5, 5.41) is 16.9. The molecule has 2 aliphatic rings. The average molecular weight is 571 g/mol. The highest BCUT2D eigenvalue weighted by Gasteiger charge is 2.24. The van der Waals surface area contributed by atoms with Crippen LogP contribution in [0.1, 0.15) is 22.3 Å². The second-order valence-corrected chi connectivity index (χ2v) is 10.3. The molecule has 202 valence electrons. The zero-order chi connectivity index (χ0) is 28.1.